The minimum atomic E-state index is -0.199. The van der Waals surface area contributed by atoms with Crippen molar-refractivity contribution in [3.8, 4) is 11.5 Å². The highest BCUT2D eigenvalue weighted by Gasteiger charge is 2.33. The van der Waals surface area contributed by atoms with Gasteiger partial charge < -0.3 is 4.90 Å². The van der Waals surface area contributed by atoms with Crippen LogP contribution < -0.4 is 0 Å². The summed E-state index contributed by atoms with van der Waals surface area (Å²) in [5.74, 6) is 0.447. The number of fused-ring (bicyclic) bond motifs is 1. The van der Waals surface area contributed by atoms with Crippen LogP contribution in [0.4, 0.5) is 0 Å². The highest BCUT2D eigenvalue weighted by Crippen LogP contribution is 2.35. The molecule has 0 radical (unpaired) electrons. The zero-order chi connectivity index (χ0) is 18.3. The van der Waals surface area contributed by atoms with Crippen molar-refractivity contribution in [2.45, 2.75) is 19.4 Å². The Labute approximate surface area is 160 Å². The molecule has 0 bridgehead atoms. The summed E-state index contributed by atoms with van der Waals surface area (Å²) >= 11 is 12.3. The number of nitrogens with one attached hydrogen (secondary N) is 1. The van der Waals surface area contributed by atoms with E-state index >= 15 is 0 Å². The highest BCUT2D eigenvalue weighted by molar-refractivity contribution is 6.43. The van der Waals surface area contributed by atoms with Crippen molar-refractivity contribution in [1.82, 2.24) is 25.1 Å². The largest absolute Gasteiger partial charge is 0.330 e. The fourth-order valence-corrected chi connectivity index (χ4v) is 3.65. The first-order valence-electron chi connectivity index (χ1n) is 8.17. The van der Waals surface area contributed by atoms with Gasteiger partial charge in [-0.15, -0.1) is 0 Å². The first kappa shape index (κ1) is 17.0. The molecule has 0 aliphatic carbocycles. The van der Waals surface area contributed by atoms with Crippen molar-refractivity contribution in [3.63, 3.8) is 0 Å². The third-order valence-corrected chi connectivity index (χ3v) is 5.42. The monoisotopic (exact) mass is 387 g/mol. The number of hydrogen-bond donors (Lipinski definition) is 1. The number of nitrogens with zero attached hydrogens (tertiary/aromatic N) is 4. The van der Waals surface area contributed by atoms with E-state index in [-0.39, 0.29) is 17.0 Å². The van der Waals surface area contributed by atoms with Gasteiger partial charge in [0.2, 0.25) is 0 Å². The minimum absolute atomic E-state index is 0.156. The Balaban J connectivity index is 1.67. The maximum Gasteiger partial charge on any atom is 0.255 e. The molecule has 1 atom stereocenters. The van der Waals surface area contributed by atoms with Crippen LogP contribution in [0.15, 0.2) is 36.7 Å². The van der Waals surface area contributed by atoms with Crippen LogP contribution in [0.1, 0.15) is 34.6 Å². The number of rotatable bonds is 2. The van der Waals surface area contributed by atoms with Gasteiger partial charge in [0, 0.05) is 24.5 Å². The number of benzene rings is 1. The van der Waals surface area contributed by atoms with Gasteiger partial charge in [0.25, 0.3) is 5.91 Å². The summed E-state index contributed by atoms with van der Waals surface area (Å²) in [6, 6.07) is 6.64. The molecule has 132 valence electrons. The standard InChI is InChI=1S/C18H15Cl2N5O/c1-10-15-12(16(24-23-15)17-21-7-3-8-22-17)6-9-25(10)18(26)11-4-2-5-13(19)14(11)20/h2-5,7-8,10H,6,9H2,1H3,(H,23,24). The number of hydrogen-bond acceptors (Lipinski definition) is 4. The van der Waals surface area contributed by atoms with Crippen molar-refractivity contribution in [2.24, 2.45) is 0 Å². The molecule has 2 aromatic heterocycles. The van der Waals surface area contributed by atoms with E-state index in [0.29, 0.717) is 29.4 Å². The minimum Gasteiger partial charge on any atom is -0.330 e. The third-order valence-electron chi connectivity index (χ3n) is 4.60. The predicted molar refractivity (Wildman–Crippen MR) is 99.2 cm³/mol. The van der Waals surface area contributed by atoms with Crippen molar-refractivity contribution in [2.75, 3.05) is 6.54 Å². The van der Waals surface area contributed by atoms with Gasteiger partial charge in [0.15, 0.2) is 5.82 Å². The Morgan fingerprint density at radius 1 is 1.23 bits per heavy atom. The van der Waals surface area contributed by atoms with Crippen LogP contribution in [0.3, 0.4) is 0 Å². The fourth-order valence-electron chi connectivity index (χ4n) is 3.27. The van der Waals surface area contributed by atoms with E-state index in [9.17, 15) is 4.79 Å². The summed E-state index contributed by atoms with van der Waals surface area (Å²) in [5.41, 5.74) is 3.08. The van der Waals surface area contributed by atoms with E-state index in [1.165, 1.54) is 0 Å². The SMILES string of the molecule is CC1c2n[nH]c(-c3ncccn3)c2CCN1C(=O)c1cccc(Cl)c1Cl. The molecule has 1 aliphatic heterocycles. The van der Waals surface area contributed by atoms with E-state index in [4.69, 9.17) is 23.2 Å². The molecule has 4 rings (SSSR count). The molecule has 1 unspecified atom stereocenters. The second-order valence-electron chi connectivity index (χ2n) is 6.06. The van der Waals surface area contributed by atoms with Crippen LogP contribution in [0.5, 0.6) is 0 Å². The van der Waals surface area contributed by atoms with Crippen molar-refractivity contribution < 1.29 is 4.79 Å². The summed E-state index contributed by atoms with van der Waals surface area (Å²) in [6.07, 6.45) is 4.05. The van der Waals surface area contributed by atoms with Crippen LogP contribution in [0.25, 0.3) is 11.5 Å². The van der Waals surface area contributed by atoms with E-state index in [1.807, 2.05) is 6.92 Å². The lowest BCUT2D eigenvalue weighted by molar-refractivity contribution is 0.0674. The number of halogens is 2. The Hall–Kier alpha value is -2.44. The molecule has 3 aromatic rings. The molecule has 0 saturated heterocycles. The molecule has 1 amide bonds. The third kappa shape index (κ3) is 2.75. The van der Waals surface area contributed by atoms with Gasteiger partial charge in [-0.2, -0.15) is 5.10 Å². The highest BCUT2D eigenvalue weighted by atomic mass is 35.5. The van der Waals surface area contributed by atoms with Crippen LogP contribution in [-0.4, -0.2) is 37.5 Å². The molecule has 1 aromatic carbocycles. The Morgan fingerprint density at radius 2 is 2.00 bits per heavy atom. The summed E-state index contributed by atoms with van der Waals surface area (Å²) in [7, 11) is 0. The van der Waals surface area contributed by atoms with E-state index in [2.05, 4.69) is 20.2 Å². The fraction of sp³-hybridized carbons (Fsp3) is 0.222. The lowest BCUT2D eigenvalue weighted by Crippen LogP contribution is -2.39. The first-order chi connectivity index (χ1) is 12.6. The van der Waals surface area contributed by atoms with Gasteiger partial charge in [-0.25, -0.2) is 9.97 Å². The molecule has 6 nitrogen and oxygen atoms in total. The van der Waals surface area contributed by atoms with Gasteiger partial charge >= 0.3 is 0 Å². The summed E-state index contributed by atoms with van der Waals surface area (Å²) in [4.78, 5) is 23.3. The van der Waals surface area contributed by atoms with Crippen molar-refractivity contribution in [1.29, 1.82) is 0 Å². The molecular weight excluding hydrogens is 373 g/mol. The average molecular weight is 388 g/mol. The number of carbonyl (C=O) groups is 1. The maximum absolute atomic E-state index is 13.0. The van der Waals surface area contributed by atoms with Gasteiger partial charge in [-0.3, -0.25) is 9.89 Å². The molecule has 1 aliphatic rings. The number of aromatic amines is 1. The molecule has 0 saturated carbocycles. The predicted octanol–water partition coefficient (Wildman–Crippen LogP) is 3.93. The number of aromatic nitrogens is 4. The molecule has 1 N–H and O–H groups in total. The van der Waals surface area contributed by atoms with Gasteiger partial charge in [-0.05, 0) is 31.5 Å². The van der Waals surface area contributed by atoms with Crippen LogP contribution >= 0.6 is 23.2 Å². The molecular formula is C18H15Cl2N5O. The first-order valence-corrected chi connectivity index (χ1v) is 8.93. The van der Waals surface area contributed by atoms with Crippen molar-refractivity contribution >= 4 is 29.1 Å². The maximum atomic E-state index is 13.0. The second-order valence-corrected chi connectivity index (χ2v) is 6.85. The zero-order valence-electron chi connectivity index (χ0n) is 13.9. The molecule has 0 fully saturated rings. The lowest BCUT2D eigenvalue weighted by atomic mass is 9.97. The Bertz CT molecular complexity index is 973. The van der Waals surface area contributed by atoms with Gasteiger partial charge in [-0.1, -0.05) is 29.3 Å². The number of amides is 1. The smallest absolute Gasteiger partial charge is 0.255 e. The van der Waals surface area contributed by atoms with Crippen LogP contribution in [0.2, 0.25) is 10.0 Å². The topological polar surface area (TPSA) is 74.8 Å². The molecule has 3 heterocycles. The Kier molecular flexibility index (Phi) is 4.38. The van der Waals surface area contributed by atoms with Crippen molar-refractivity contribution in [3.05, 3.63) is 63.5 Å². The lowest BCUT2D eigenvalue weighted by Gasteiger charge is -2.33. The van der Waals surface area contributed by atoms with Crippen LogP contribution in [-0.2, 0) is 6.42 Å². The van der Waals surface area contributed by atoms with E-state index in [0.717, 1.165) is 17.0 Å². The summed E-state index contributed by atoms with van der Waals surface area (Å²) in [6.45, 7) is 2.50. The molecule has 26 heavy (non-hydrogen) atoms. The number of H-pyrrole nitrogens is 1. The summed E-state index contributed by atoms with van der Waals surface area (Å²) in [5, 5.41) is 8.09. The van der Waals surface area contributed by atoms with Gasteiger partial charge in [0.05, 0.1) is 27.3 Å². The molecule has 0 spiro atoms. The number of carbonyl (C=O) groups excluding carboxylic acids is 1. The van der Waals surface area contributed by atoms with Crippen LogP contribution in [0, 0.1) is 0 Å². The zero-order valence-corrected chi connectivity index (χ0v) is 15.4. The summed E-state index contributed by atoms with van der Waals surface area (Å²) < 4.78 is 0. The normalized spacial score (nSPS) is 16.4. The van der Waals surface area contributed by atoms with E-state index in [1.54, 1.807) is 41.6 Å². The second kappa shape index (κ2) is 6.70. The average Bonchev–Trinajstić information content (AvgIpc) is 3.09. The quantitative estimate of drug-likeness (QED) is 0.722. The van der Waals surface area contributed by atoms with E-state index < -0.39 is 0 Å². The Morgan fingerprint density at radius 3 is 2.77 bits per heavy atom. The molecule has 8 heteroatoms. The van der Waals surface area contributed by atoms with Gasteiger partial charge in [0.1, 0.15) is 5.69 Å².